The molecule has 0 unspecified atom stereocenters. The van der Waals surface area contributed by atoms with Crippen molar-refractivity contribution in [3.63, 3.8) is 0 Å². The fourth-order valence-corrected chi connectivity index (χ4v) is 1.17. The predicted molar refractivity (Wildman–Crippen MR) is 56.6 cm³/mol. The van der Waals surface area contributed by atoms with Crippen LogP contribution in [0.1, 0.15) is 12.0 Å². The van der Waals surface area contributed by atoms with Crippen LogP contribution in [-0.2, 0) is 4.79 Å². The van der Waals surface area contributed by atoms with Crippen LogP contribution in [0, 0.1) is 18.3 Å². The van der Waals surface area contributed by atoms with Crippen molar-refractivity contribution in [1.29, 1.82) is 5.26 Å². The number of carbonyl (C=O) groups is 1. The Bertz CT molecular complexity index is 408. The Kier molecular flexibility index (Phi) is 3.69. The highest BCUT2D eigenvalue weighted by atomic mass is 16.5. The van der Waals surface area contributed by atoms with Gasteiger partial charge in [-0.05, 0) is 30.7 Å². The third kappa shape index (κ3) is 2.99. The molecule has 4 heteroatoms. The second-order valence-corrected chi connectivity index (χ2v) is 3.06. The molecule has 0 atom stereocenters. The molecule has 4 nitrogen and oxygen atoms in total. The van der Waals surface area contributed by atoms with E-state index in [-0.39, 0.29) is 12.3 Å². The van der Waals surface area contributed by atoms with Gasteiger partial charge in [-0.15, -0.1) is 0 Å². The molecule has 1 amide bonds. The fraction of sp³-hybridized carbons (Fsp3) is 0.273. The number of rotatable bonds is 3. The largest absolute Gasteiger partial charge is 0.497 e. The normalized spacial score (nSPS) is 9.13. The van der Waals surface area contributed by atoms with Crippen molar-refractivity contribution < 1.29 is 9.53 Å². The molecule has 1 N–H and O–H groups in total. The number of aryl methyl sites for hydroxylation is 1. The van der Waals surface area contributed by atoms with Crippen LogP contribution in [0.15, 0.2) is 18.2 Å². The molecular formula is C11H12N2O2. The quantitative estimate of drug-likeness (QED) is 0.817. The molecule has 1 aromatic rings. The Morgan fingerprint density at radius 1 is 1.60 bits per heavy atom. The Hall–Kier alpha value is -2.02. The predicted octanol–water partition coefficient (Wildman–Crippen LogP) is 1.86. The lowest BCUT2D eigenvalue weighted by atomic mass is 10.2. The Labute approximate surface area is 88.5 Å². The van der Waals surface area contributed by atoms with E-state index in [9.17, 15) is 4.79 Å². The van der Waals surface area contributed by atoms with Gasteiger partial charge in [-0.25, -0.2) is 0 Å². The first kappa shape index (κ1) is 11.1. The van der Waals surface area contributed by atoms with Gasteiger partial charge in [0.1, 0.15) is 12.2 Å². The fourth-order valence-electron chi connectivity index (χ4n) is 1.17. The van der Waals surface area contributed by atoms with Crippen LogP contribution in [0.2, 0.25) is 0 Å². The van der Waals surface area contributed by atoms with Crippen molar-refractivity contribution in [2.75, 3.05) is 12.4 Å². The molecule has 0 aliphatic heterocycles. The van der Waals surface area contributed by atoms with E-state index in [1.54, 1.807) is 25.3 Å². The molecule has 0 aromatic heterocycles. The van der Waals surface area contributed by atoms with Gasteiger partial charge >= 0.3 is 0 Å². The van der Waals surface area contributed by atoms with E-state index >= 15 is 0 Å². The molecule has 78 valence electrons. The molecule has 0 saturated heterocycles. The van der Waals surface area contributed by atoms with E-state index in [1.165, 1.54) is 0 Å². The third-order valence-corrected chi connectivity index (χ3v) is 1.95. The molecule has 1 aromatic carbocycles. The summed E-state index contributed by atoms with van der Waals surface area (Å²) in [6.07, 6.45) is -0.133. The number of benzene rings is 1. The zero-order chi connectivity index (χ0) is 11.3. The van der Waals surface area contributed by atoms with E-state index in [4.69, 9.17) is 10.00 Å². The molecule has 0 bridgehead atoms. The number of amides is 1. The summed E-state index contributed by atoms with van der Waals surface area (Å²) >= 11 is 0. The molecule has 1 rings (SSSR count). The molecule has 0 spiro atoms. The van der Waals surface area contributed by atoms with Gasteiger partial charge in [0.05, 0.1) is 13.2 Å². The molecule has 0 radical (unpaired) electrons. The Morgan fingerprint density at radius 2 is 2.33 bits per heavy atom. The summed E-state index contributed by atoms with van der Waals surface area (Å²) < 4.78 is 5.04. The topological polar surface area (TPSA) is 62.1 Å². The van der Waals surface area contributed by atoms with Gasteiger partial charge in [-0.3, -0.25) is 4.79 Å². The smallest absolute Gasteiger partial charge is 0.238 e. The standard InChI is InChI=1S/C11H12N2O2/c1-8-7-9(15-2)3-4-10(8)13-11(14)5-6-12/h3-4,7H,5H2,1-2H3,(H,13,14). The van der Waals surface area contributed by atoms with Crippen molar-refractivity contribution >= 4 is 11.6 Å². The Balaban J connectivity index is 2.79. The number of hydrogen-bond acceptors (Lipinski definition) is 3. The second-order valence-electron chi connectivity index (χ2n) is 3.06. The number of anilines is 1. The molecular weight excluding hydrogens is 192 g/mol. The molecule has 0 aliphatic carbocycles. The zero-order valence-electron chi connectivity index (χ0n) is 8.70. The average molecular weight is 204 g/mol. The number of nitriles is 1. The van der Waals surface area contributed by atoms with Crippen molar-refractivity contribution in [3.8, 4) is 11.8 Å². The number of methoxy groups -OCH3 is 1. The number of nitrogens with zero attached hydrogens (tertiary/aromatic N) is 1. The van der Waals surface area contributed by atoms with E-state index in [2.05, 4.69) is 5.32 Å². The maximum Gasteiger partial charge on any atom is 0.238 e. The lowest BCUT2D eigenvalue weighted by molar-refractivity contribution is -0.115. The third-order valence-electron chi connectivity index (χ3n) is 1.95. The first-order valence-electron chi connectivity index (χ1n) is 4.49. The van der Waals surface area contributed by atoms with Gasteiger partial charge in [-0.1, -0.05) is 0 Å². The van der Waals surface area contributed by atoms with E-state index < -0.39 is 0 Å². The van der Waals surface area contributed by atoms with Crippen LogP contribution >= 0.6 is 0 Å². The zero-order valence-corrected chi connectivity index (χ0v) is 8.70. The minimum atomic E-state index is -0.300. The van der Waals surface area contributed by atoms with Crippen LogP contribution < -0.4 is 10.1 Å². The van der Waals surface area contributed by atoms with Gasteiger partial charge in [0.2, 0.25) is 5.91 Å². The molecule has 0 saturated carbocycles. The van der Waals surface area contributed by atoms with Gasteiger partial charge in [0.25, 0.3) is 0 Å². The summed E-state index contributed by atoms with van der Waals surface area (Å²) in [6, 6.07) is 7.13. The highest BCUT2D eigenvalue weighted by Crippen LogP contribution is 2.20. The van der Waals surface area contributed by atoms with Crippen molar-refractivity contribution in [3.05, 3.63) is 23.8 Å². The summed E-state index contributed by atoms with van der Waals surface area (Å²) in [4.78, 5) is 11.2. The summed E-state index contributed by atoms with van der Waals surface area (Å²) in [7, 11) is 1.59. The molecule has 0 fully saturated rings. The van der Waals surface area contributed by atoms with Crippen molar-refractivity contribution in [2.45, 2.75) is 13.3 Å². The number of carbonyl (C=O) groups excluding carboxylic acids is 1. The first-order chi connectivity index (χ1) is 7.17. The van der Waals surface area contributed by atoms with Gasteiger partial charge in [-0.2, -0.15) is 5.26 Å². The number of ether oxygens (including phenoxy) is 1. The molecule has 15 heavy (non-hydrogen) atoms. The minimum Gasteiger partial charge on any atom is -0.497 e. The Morgan fingerprint density at radius 3 is 2.87 bits per heavy atom. The van der Waals surface area contributed by atoms with Gasteiger partial charge < -0.3 is 10.1 Å². The summed E-state index contributed by atoms with van der Waals surface area (Å²) in [5, 5.41) is 11.0. The monoisotopic (exact) mass is 204 g/mol. The molecule has 0 heterocycles. The highest BCUT2D eigenvalue weighted by Gasteiger charge is 2.04. The highest BCUT2D eigenvalue weighted by molar-refractivity contribution is 5.92. The minimum absolute atomic E-state index is 0.133. The summed E-state index contributed by atoms with van der Waals surface area (Å²) in [5.74, 6) is 0.441. The van der Waals surface area contributed by atoms with Crippen LogP contribution in [0.5, 0.6) is 5.75 Å². The number of nitrogens with one attached hydrogen (secondary N) is 1. The SMILES string of the molecule is COc1ccc(NC(=O)CC#N)c(C)c1. The lowest BCUT2D eigenvalue weighted by Gasteiger charge is -2.08. The van der Waals surface area contributed by atoms with Crippen LogP contribution in [0.4, 0.5) is 5.69 Å². The first-order valence-corrected chi connectivity index (χ1v) is 4.49. The van der Waals surface area contributed by atoms with Crippen LogP contribution in [0.25, 0.3) is 0 Å². The van der Waals surface area contributed by atoms with Crippen LogP contribution in [-0.4, -0.2) is 13.0 Å². The van der Waals surface area contributed by atoms with Crippen molar-refractivity contribution in [1.82, 2.24) is 0 Å². The van der Waals surface area contributed by atoms with Crippen LogP contribution in [0.3, 0.4) is 0 Å². The second kappa shape index (κ2) is 5.01. The van der Waals surface area contributed by atoms with E-state index in [1.807, 2.05) is 13.0 Å². The van der Waals surface area contributed by atoms with Crippen molar-refractivity contribution in [2.24, 2.45) is 0 Å². The maximum atomic E-state index is 11.2. The van der Waals surface area contributed by atoms with E-state index in [0.29, 0.717) is 5.69 Å². The number of hydrogen-bond donors (Lipinski definition) is 1. The average Bonchev–Trinajstić information content (AvgIpc) is 2.21. The molecule has 0 aliphatic rings. The summed E-state index contributed by atoms with van der Waals surface area (Å²) in [5.41, 5.74) is 1.61. The summed E-state index contributed by atoms with van der Waals surface area (Å²) in [6.45, 7) is 1.87. The van der Waals surface area contributed by atoms with Gasteiger partial charge in [0, 0.05) is 5.69 Å². The van der Waals surface area contributed by atoms with Gasteiger partial charge in [0.15, 0.2) is 0 Å². The maximum absolute atomic E-state index is 11.2. The lowest BCUT2D eigenvalue weighted by Crippen LogP contribution is -2.11. The van der Waals surface area contributed by atoms with E-state index in [0.717, 1.165) is 11.3 Å².